The summed E-state index contributed by atoms with van der Waals surface area (Å²) in [6, 6.07) is 60.5. The summed E-state index contributed by atoms with van der Waals surface area (Å²) < 4.78 is 6.35. The summed E-state index contributed by atoms with van der Waals surface area (Å²) in [4.78, 5) is 5.23. The lowest BCUT2D eigenvalue weighted by molar-refractivity contribution is 0.528. The van der Waals surface area contributed by atoms with Gasteiger partial charge in [-0.25, -0.2) is 0 Å². The van der Waals surface area contributed by atoms with Crippen LogP contribution in [0.3, 0.4) is 0 Å². The zero-order valence-corrected chi connectivity index (χ0v) is 30.3. The van der Waals surface area contributed by atoms with E-state index in [1.54, 1.807) is 0 Å². The Morgan fingerprint density at radius 2 is 1.06 bits per heavy atom. The fourth-order valence-electron chi connectivity index (χ4n) is 7.43. The normalized spacial score (nSPS) is 14.3. The van der Waals surface area contributed by atoms with Gasteiger partial charge in [0.05, 0.1) is 6.04 Å². The van der Waals surface area contributed by atoms with E-state index in [0.29, 0.717) is 5.92 Å². The molecule has 3 heteroatoms. The van der Waals surface area contributed by atoms with Crippen LogP contribution >= 0.6 is 0 Å². The second-order valence-corrected chi connectivity index (χ2v) is 13.5. The molecule has 2 unspecified atom stereocenters. The van der Waals surface area contributed by atoms with E-state index < -0.39 is 0 Å². The van der Waals surface area contributed by atoms with Crippen molar-refractivity contribution in [2.24, 2.45) is 16.6 Å². The molecule has 1 aliphatic carbocycles. The highest BCUT2D eigenvalue weighted by Gasteiger charge is 2.20. The Bertz CT molecular complexity index is 2560. The average molecular weight is 699 g/mol. The Morgan fingerprint density at radius 1 is 0.537 bits per heavy atom. The maximum atomic E-state index is 6.35. The SMILES string of the molecule is C1=CCC(C(N=Cc2cccc3oc4ccc(-c5ccc(-c6ccc(-c7ccc(-c8ccccc8)cc7)cc6)cc5)cc4c23)c2ccccc2)C=C1.CN. The summed E-state index contributed by atoms with van der Waals surface area (Å²) in [5, 5.41) is 2.20. The van der Waals surface area contributed by atoms with Crippen molar-refractivity contribution < 1.29 is 4.42 Å². The molecule has 0 spiro atoms. The Hall–Kier alpha value is -6.55. The van der Waals surface area contributed by atoms with Crippen LogP contribution in [-0.2, 0) is 0 Å². The maximum Gasteiger partial charge on any atom is 0.136 e. The highest BCUT2D eigenvalue weighted by molar-refractivity contribution is 6.13. The fraction of sp³-hybridized carbons (Fsp3) is 0.0784. The zero-order chi connectivity index (χ0) is 36.7. The average Bonchev–Trinajstić information content (AvgIpc) is 3.65. The van der Waals surface area contributed by atoms with Crippen molar-refractivity contribution in [2.75, 3.05) is 7.05 Å². The number of hydrogen-bond donors (Lipinski definition) is 1. The molecule has 0 radical (unpaired) electrons. The predicted molar refractivity (Wildman–Crippen MR) is 229 cm³/mol. The number of furan rings is 1. The zero-order valence-electron chi connectivity index (χ0n) is 30.3. The van der Waals surface area contributed by atoms with Crippen molar-refractivity contribution in [1.82, 2.24) is 0 Å². The Kier molecular flexibility index (Phi) is 10.2. The van der Waals surface area contributed by atoms with Crippen LogP contribution in [0.4, 0.5) is 0 Å². The molecule has 2 N–H and O–H groups in total. The van der Waals surface area contributed by atoms with Gasteiger partial charge in [0.25, 0.3) is 0 Å². The molecule has 0 saturated carbocycles. The number of hydrogen-bond acceptors (Lipinski definition) is 3. The number of nitrogens with two attached hydrogens (primary N) is 1. The van der Waals surface area contributed by atoms with Crippen molar-refractivity contribution in [3.05, 3.63) is 205 Å². The molecule has 1 aliphatic rings. The van der Waals surface area contributed by atoms with Crippen molar-refractivity contribution in [2.45, 2.75) is 12.5 Å². The molecular formula is C51H42N2O. The van der Waals surface area contributed by atoms with Crippen LogP contribution in [-0.4, -0.2) is 13.3 Å². The first-order valence-electron chi connectivity index (χ1n) is 18.6. The molecule has 8 aromatic rings. The second-order valence-electron chi connectivity index (χ2n) is 13.5. The lowest BCUT2D eigenvalue weighted by atomic mass is 9.88. The van der Waals surface area contributed by atoms with Gasteiger partial charge < -0.3 is 10.2 Å². The van der Waals surface area contributed by atoms with Crippen LogP contribution in [0.5, 0.6) is 0 Å². The summed E-state index contributed by atoms with van der Waals surface area (Å²) in [5.41, 5.74) is 18.2. The maximum absolute atomic E-state index is 6.35. The van der Waals surface area contributed by atoms with Gasteiger partial charge in [0.2, 0.25) is 0 Å². The van der Waals surface area contributed by atoms with Crippen molar-refractivity contribution >= 4 is 28.2 Å². The van der Waals surface area contributed by atoms with Gasteiger partial charge in [0.15, 0.2) is 0 Å². The molecule has 54 heavy (non-hydrogen) atoms. The first-order chi connectivity index (χ1) is 26.8. The number of aliphatic imine (C=N–C) groups is 1. The van der Waals surface area contributed by atoms with Crippen molar-refractivity contribution in [3.63, 3.8) is 0 Å². The number of allylic oxidation sites excluding steroid dienone is 3. The van der Waals surface area contributed by atoms with E-state index in [1.807, 2.05) is 6.21 Å². The number of rotatable bonds is 8. The van der Waals surface area contributed by atoms with Gasteiger partial charge in [0.1, 0.15) is 11.2 Å². The second kappa shape index (κ2) is 16.0. The van der Waals surface area contributed by atoms with Crippen LogP contribution in [0.2, 0.25) is 0 Å². The highest BCUT2D eigenvalue weighted by atomic mass is 16.3. The number of benzene rings is 7. The first-order valence-corrected chi connectivity index (χ1v) is 18.6. The molecule has 7 aromatic carbocycles. The van der Waals surface area contributed by atoms with E-state index in [-0.39, 0.29) is 6.04 Å². The molecule has 0 bridgehead atoms. The van der Waals surface area contributed by atoms with Gasteiger partial charge in [-0.05, 0) is 81.7 Å². The highest BCUT2D eigenvalue weighted by Crippen LogP contribution is 2.36. The molecule has 3 nitrogen and oxygen atoms in total. The van der Waals surface area contributed by atoms with Gasteiger partial charge in [-0.15, -0.1) is 0 Å². The fourth-order valence-corrected chi connectivity index (χ4v) is 7.43. The number of fused-ring (bicyclic) bond motifs is 3. The minimum Gasteiger partial charge on any atom is -0.456 e. The van der Waals surface area contributed by atoms with Gasteiger partial charge in [-0.3, -0.25) is 4.99 Å². The van der Waals surface area contributed by atoms with E-state index >= 15 is 0 Å². The Morgan fingerprint density at radius 3 is 1.61 bits per heavy atom. The molecule has 0 saturated heterocycles. The molecule has 1 heterocycles. The minimum atomic E-state index is 0.0348. The first kappa shape index (κ1) is 34.5. The van der Waals surface area contributed by atoms with E-state index in [0.717, 1.165) is 39.5 Å². The topological polar surface area (TPSA) is 51.5 Å². The van der Waals surface area contributed by atoms with E-state index in [9.17, 15) is 0 Å². The van der Waals surface area contributed by atoms with E-state index in [2.05, 4.69) is 200 Å². The molecule has 262 valence electrons. The van der Waals surface area contributed by atoms with Gasteiger partial charge in [-0.1, -0.05) is 176 Å². The van der Waals surface area contributed by atoms with Crippen molar-refractivity contribution in [3.8, 4) is 44.5 Å². The molecule has 0 aliphatic heterocycles. The molecule has 9 rings (SSSR count). The Labute approximate surface area is 317 Å². The molecule has 0 fully saturated rings. The number of nitrogens with zero attached hydrogens (tertiary/aromatic N) is 1. The summed E-state index contributed by atoms with van der Waals surface area (Å²) in [5.74, 6) is 0.314. The van der Waals surface area contributed by atoms with Crippen LogP contribution in [0.25, 0.3) is 66.4 Å². The summed E-state index contributed by atoms with van der Waals surface area (Å²) >= 11 is 0. The lowest BCUT2D eigenvalue weighted by Gasteiger charge is -2.22. The molecule has 2 atom stereocenters. The summed E-state index contributed by atoms with van der Waals surface area (Å²) in [7, 11) is 1.50. The monoisotopic (exact) mass is 698 g/mol. The largest absolute Gasteiger partial charge is 0.456 e. The molecular weight excluding hydrogens is 657 g/mol. The predicted octanol–water partition coefficient (Wildman–Crippen LogP) is 13.1. The van der Waals surface area contributed by atoms with E-state index in [4.69, 9.17) is 9.41 Å². The minimum absolute atomic E-state index is 0.0348. The van der Waals surface area contributed by atoms with Crippen LogP contribution in [0, 0.1) is 5.92 Å². The molecule has 0 amide bonds. The van der Waals surface area contributed by atoms with Crippen LogP contribution < -0.4 is 5.73 Å². The van der Waals surface area contributed by atoms with E-state index in [1.165, 1.54) is 51.6 Å². The van der Waals surface area contributed by atoms with Crippen LogP contribution in [0.15, 0.2) is 204 Å². The standard InChI is InChI=1S/C50H37NO.CH5N/c1-4-11-35(12-5-1)36-19-21-37(22-20-36)38-23-25-39(26-24-38)40-27-29-41(30-28-40)44-31-32-47-46(33-44)49-45(17-10-18-48(49)52-47)34-51-50(42-13-6-2-7-14-42)43-15-8-3-9-16-43;1-2/h1-15,17-34,43,50H,16H2;2H2,1H3. The van der Waals surface area contributed by atoms with Crippen molar-refractivity contribution in [1.29, 1.82) is 0 Å². The van der Waals surface area contributed by atoms with Crippen LogP contribution in [0.1, 0.15) is 23.6 Å². The quantitative estimate of drug-likeness (QED) is 0.161. The third-order valence-electron chi connectivity index (χ3n) is 10.2. The third-order valence-corrected chi connectivity index (χ3v) is 10.2. The smallest absolute Gasteiger partial charge is 0.136 e. The summed E-state index contributed by atoms with van der Waals surface area (Å²) in [6.45, 7) is 0. The van der Waals surface area contributed by atoms with Gasteiger partial charge in [-0.2, -0.15) is 0 Å². The van der Waals surface area contributed by atoms with Gasteiger partial charge in [0, 0.05) is 28.5 Å². The third kappa shape index (κ3) is 7.23. The lowest BCUT2D eigenvalue weighted by Crippen LogP contribution is -2.10. The Balaban J connectivity index is 0.00000203. The van der Waals surface area contributed by atoms with Gasteiger partial charge >= 0.3 is 0 Å². The molecule has 1 aromatic heterocycles. The summed E-state index contributed by atoms with van der Waals surface area (Å²) in [6.07, 6.45) is 11.8.